The normalized spacial score (nSPS) is 14.2. The van der Waals surface area contributed by atoms with Gasteiger partial charge in [0.05, 0.1) is 11.3 Å². The highest BCUT2D eigenvalue weighted by Crippen LogP contribution is 2.31. The van der Waals surface area contributed by atoms with Gasteiger partial charge in [0.15, 0.2) is 0 Å². The molecule has 0 unspecified atom stereocenters. The van der Waals surface area contributed by atoms with E-state index < -0.39 is 11.7 Å². The molecule has 0 spiro atoms. The lowest BCUT2D eigenvalue weighted by Gasteiger charge is -2.32. The number of nitrogens with zero attached hydrogens (tertiary/aromatic N) is 4. The van der Waals surface area contributed by atoms with Gasteiger partial charge in [0, 0.05) is 47.7 Å². The highest BCUT2D eigenvalue weighted by molar-refractivity contribution is 6.30. The Kier molecular flexibility index (Phi) is 7.88. The number of piperidine rings is 1. The monoisotopic (exact) mass is 566 g/mol. The van der Waals surface area contributed by atoms with E-state index in [1.807, 2.05) is 30.0 Å². The third-order valence-corrected chi connectivity index (χ3v) is 6.81. The Morgan fingerprint density at radius 2 is 1.77 bits per heavy atom. The predicted octanol–water partition coefficient (Wildman–Crippen LogP) is 6.98. The zero-order valence-corrected chi connectivity index (χ0v) is 22.3. The van der Waals surface area contributed by atoms with Crippen molar-refractivity contribution in [3.05, 3.63) is 94.8 Å². The van der Waals surface area contributed by atoms with Crippen LogP contribution in [0.5, 0.6) is 0 Å². The minimum absolute atomic E-state index is 0.0215. The molecular formula is C29H26ClF3N6O. The maximum Gasteiger partial charge on any atom is 0.416 e. The Balaban J connectivity index is 1.21. The number of anilines is 3. The molecule has 0 aliphatic carbocycles. The average molecular weight is 567 g/mol. The number of alkyl halides is 3. The molecule has 0 atom stereocenters. The fourth-order valence-electron chi connectivity index (χ4n) is 4.56. The number of carbonyl (C=O) groups is 1. The third-order valence-electron chi connectivity index (χ3n) is 6.58. The molecule has 1 amide bonds. The molecule has 1 saturated heterocycles. The number of benzene rings is 1. The summed E-state index contributed by atoms with van der Waals surface area (Å²) in [6.45, 7) is 3.14. The standard InChI is InChI=1S/C29H26ClF3N6O/c1-18-13-24(37-27(14-18)38-26-16-21(7-10-34-26)29(31,32)33)20-5-6-25(35-17-20)36-23-8-11-39(12-9-23)28(40)19-3-2-4-22(30)15-19/h2-7,10,13-17,23H,8-9,11-12H2,1H3,(H,35,36)(H,34,37,38). The second-order valence-electron chi connectivity index (χ2n) is 9.62. The van der Waals surface area contributed by atoms with E-state index in [0.29, 0.717) is 41.0 Å². The summed E-state index contributed by atoms with van der Waals surface area (Å²) in [4.78, 5) is 27.7. The lowest BCUT2D eigenvalue weighted by molar-refractivity contribution is -0.137. The summed E-state index contributed by atoms with van der Waals surface area (Å²) in [5.41, 5.74) is 2.06. The summed E-state index contributed by atoms with van der Waals surface area (Å²) in [5, 5.41) is 6.85. The highest BCUT2D eigenvalue weighted by Gasteiger charge is 2.30. The van der Waals surface area contributed by atoms with Crippen molar-refractivity contribution in [1.29, 1.82) is 0 Å². The van der Waals surface area contributed by atoms with Gasteiger partial charge >= 0.3 is 6.18 Å². The van der Waals surface area contributed by atoms with Crippen molar-refractivity contribution in [3.63, 3.8) is 0 Å². The lowest BCUT2D eigenvalue weighted by Crippen LogP contribution is -2.42. The van der Waals surface area contributed by atoms with Crippen molar-refractivity contribution in [2.45, 2.75) is 32.0 Å². The van der Waals surface area contributed by atoms with Gasteiger partial charge in [-0.2, -0.15) is 13.2 Å². The van der Waals surface area contributed by atoms with Gasteiger partial charge in [0.2, 0.25) is 0 Å². The molecule has 5 rings (SSSR count). The van der Waals surface area contributed by atoms with Gasteiger partial charge in [0.25, 0.3) is 5.91 Å². The lowest BCUT2D eigenvalue weighted by atomic mass is 10.0. The second kappa shape index (κ2) is 11.5. The van der Waals surface area contributed by atoms with E-state index in [-0.39, 0.29) is 17.8 Å². The van der Waals surface area contributed by atoms with E-state index in [1.165, 1.54) is 0 Å². The van der Waals surface area contributed by atoms with Gasteiger partial charge in [-0.3, -0.25) is 4.79 Å². The summed E-state index contributed by atoms with van der Waals surface area (Å²) in [7, 11) is 0. The number of nitrogens with one attached hydrogen (secondary N) is 2. The van der Waals surface area contributed by atoms with Crippen LogP contribution in [0.15, 0.2) is 73.1 Å². The molecule has 3 aromatic heterocycles. The number of amides is 1. The van der Waals surface area contributed by atoms with Crippen molar-refractivity contribution in [3.8, 4) is 11.3 Å². The molecule has 0 bridgehead atoms. The van der Waals surface area contributed by atoms with Crippen LogP contribution in [0, 0.1) is 6.92 Å². The van der Waals surface area contributed by atoms with Crippen LogP contribution < -0.4 is 10.6 Å². The molecule has 206 valence electrons. The van der Waals surface area contributed by atoms with Crippen LogP contribution in [0.2, 0.25) is 5.02 Å². The quantitative estimate of drug-likeness (QED) is 0.262. The number of aryl methyl sites for hydroxylation is 1. The molecule has 7 nitrogen and oxygen atoms in total. The van der Waals surface area contributed by atoms with Crippen molar-refractivity contribution >= 4 is 35.0 Å². The summed E-state index contributed by atoms with van der Waals surface area (Å²) in [6.07, 6.45) is -0.0777. The minimum atomic E-state index is -4.46. The number of aromatic nitrogens is 3. The molecule has 1 aliphatic heterocycles. The number of rotatable bonds is 6. The van der Waals surface area contributed by atoms with Crippen molar-refractivity contribution in [2.24, 2.45) is 0 Å². The first-order valence-corrected chi connectivity index (χ1v) is 13.1. The maximum atomic E-state index is 13.1. The summed E-state index contributed by atoms with van der Waals surface area (Å²) in [5.74, 6) is 1.12. The van der Waals surface area contributed by atoms with Crippen molar-refractivity contribution < 1.29 is 18.0 Å². The Morgan fingerprint density at radius 1 is 0.975 bits per heavy atom. The van der Waals surface area contributed by atoms with Crippen LogP contribution in [-0.4, -0.2) is 44.9 Å². The molecule has 4 heterocycles. The first-order chi connectivity index (χ1) is 19.1. The fraction of sp³-hybridized carbons (Fsp3) is 0.241. The number of pyridine rings is 3. The second-order valence-corrected chi connectivity index (χ2v) is 10.1. The third kappa shape index (κ3) is 6.69. The van der Waals surface area contributed by atoms with Crippen LogP contribution in [0.1, 0.15) is 34.3 Å². The van der Waals surface area contributed by atoms with Gasteiger partial charge < -0.3 is 15.5 Å². The Labute approximate surface area is 234 Å². The van der Waals surface area contributed by atoms with E-state index in [2.05, 4.69) is 25.6 Å². The molecule has 11 heteroatoms. The van der Waals surface area contributed by atoms with Crippen LogP contribution in [0.25, 0.3) is 11.3 Å². The fourth-order valence-corrected chi connectivity index (χ4v) is 4.75. The SMILES string of the molecule is Cc1cc(Nc2cc(C(F)(F)F)ccn2)nc(-c2ccc(NC3CCN(C(=O)c4cccc(Cl)c4)CC3)nc2)c1. The topological polar surface area (TPSA) is 83.0 Å². The first kappa shape index (κ1) is 27.4. The van der Waals surface area contributed by atoms with Crippen LogP contribution >= 0.6 is 11.6 Å². The van der Waals surface area contributed by atoms with Crippen LogP contribution in [-0.2, 0) is 6.18 Å². The van der Waals surface area contributed by atoms with Gasteiger partial charge in [-0.25, -0.2) is 15.0 Å². The van der Waals surface area contributed by atoms with Crippen molar-refractivity contribution in [2.75, 3.05) is 23.7 Å². The summed E-state index contributed by atoms with van der Waals surface area (Å²) >= 11 is 6.03. The van der Waals surface area contributed by atoms with Gasteiger partial charge in [0.1, 0.15) is 17.5 Å². The maximum absolute atomic E-state index is 13.1. The van der Waals surface area contributed by atoms with Crippen LogP contribution in [0.4, 0.5) is 30.6 Å². The minimum Gasteiger partial charge on any atom is -0.367 e. The smallest absolute Gasteiger partial charge is 0.367 e. The predicted molar refractivity (Wildman–Crippen MR) is 149 cm³/mol. The molecule has 1 fully saturated rings. The summed E-state index contributed by atoms with van der Waals surface area (Å²) in [6, 6.07) is 16.4. The van der Waals surface area contributed by atoms with E-state index in [0.717, 1.165) is 42.3 Å². The number of carbonyl (C=O) groups excluding carboxylic acids is 1. The van der Waals surface area contributed by atoms with Crippen LogP contribution in [0.3, 0.4) is 0 Å². The zero-order valence-electron chi connectivity index (χ0n) is 21.5. The number of likely N-dealkylation sites (tertiary alicyclic amines) is 1. The van der Waals surface area contributed by atoms with E-state index >= 15 is 0 Å². The van der Waals surface area contributed by atoms with Gasteiger partial charge in [-0.1, -0.05) is 17.7 Å². The molecule has 4 aromatic rings. The number of halogens is 4. The van der Waals surface area contributed by atoms with E-state index in [4.69, 9.17) is 11.6 Å². The molecule has 1 aromatic carbocycles. The Morgan fingerprint density at radius 3 is 2.48 bits per heavy atom. The number of hydrogen-bond acceptors (Lipinski definition) is 6. The average Bonchev–Trinajstić information content (AvgIpc) is 2.93. The molecule has 40 heavy (non-hydrogen) atoms. The van der Waals surface area contributed by atoms with Crippen molar-refractivity contribution in [1.82, 2.24) is 19.9 Å². The Hall–Kier alpha value is -4.18. The molecule has 0 radical (unpaired) electrons. The molecule has 1 aliphatic rings. The first-order valence-electron chi connectivity index (χ1n) is 12.7. The highest BCUT2D eigenvalue weighted by atomic mass is 35.5. The Bertz CT molecular complexity index is 1500. The van der Waals surface area contributed by atoms with Gasteiger partial charge in [-0.05, 0) is 79.9 Å². The van der Waals surface area contributed by atoms with E-state index in [9.17, 15) is 18.0 Å². The van der Waals surface area contributed by atoms with Gasteiger partial charge in [-0.15, -0.1) is 0 Å². The van der Waals surface area contributed by atoms with E-state index in [1.54, 1.807) is 36.5 Å². The largest absolute Gasteiger partial charge is 0.416 e. The molecule has 0 saturated carbocycles. The molecule has 2 N–H and O–H groups in total. The zero-order chi connectivity index (χ0) is 28.3. The number of hydrogen-bond donors (Lipinski definition) is 2. The summed E-state index contributed by atoms with van der Waals surface area (Å²) < 4.78 is 39.2. The molecular weight excluding hydrogens is 541 g/mol.